The predicted octanol–water partition coefficient (Wildman–Crippen LogP) is 11.0. The van der Waals surface area contributed by atoms with Gasteiger partial charge in [0.25, 0.3) is 0 Å². The molecule has 0 bridgehead atoms. The summed E-state index contributed by atoms with van der Waals surface area (Å²) in [6.45, 7) is 21.3. The molecule has 0 fully saturated rings. The maximum atomic E-state index is 6.77. The van der Waals surface area contributed by atoms with E-state index in [4.69, 9.17) is 13.9 Å². The molecule has 1 rings (SSSR count). The molecule has 0 aliphatic heterocycles. The molecule has 0 saturated carbocycles. The van der Waals surface area contributed by atoms with E-state index in [9.17, 15) is 0 Å². The van der Waals surface area contributed by atoms with Gasteiger partial charge in [0.1, 0.15) is 6.10 Å². The molecule has 0 saturated heterocycles. The van der Waals surface area contributed by atoms with Gasteiger partial charge in [-0.05, 0) is 37.0 Å². The Labute approximate surface area is 244 Å². The molecule has 0 radical (unpaired) electrons. The Hall–Kier alpha value is -0.943. The Morgan fingerprint density at radius 1 is 0.769 bits per heavy atom. The molecule has 3 atom stereocenters. The van der Waals surface area contributed by atoms with Gasteiger partial charge in [0, 0.05) is 6.61 Å². The number of hydrogen-bond acceptors (Lipinski definition) is 3. The van der Waals surface area contributed by atoms with E-state index in [1.165, 1.54) is 83.5 Å². The van der Waals surface area contributed by atoms with E-state index in [1.807, 2.05) is 12.1 Å². The van der Waals surface area contributed by atoms with Crippen LogP contribution >= 0.6 is 0 Å². The predicted molar refractivity (Wildman–Crippen MR) is 173 cm³/mol. The highest BCUT2D eigenvalue weighted by molar-refractivity contribution is 6.74. The van der Waals surface area contributed by atoms with Crippen molar-refractivity contribution in [2.24, 2.45) is 0 Å². The van der Waals surface area contributed by atoms with Crippen LogP contribution < -0.4 is 0 Å². The van der Waals surface area contributed by atoms with Crippen LogP contribution in [0.1, 0.15) is 130 Å². The third-order valence-corrected chi connectivity index (χ3v) is 12.9. The second-order valence-corrected chi connectivity index (χ2v) is 17.8. The quantitative estimate of drug-likeness (QED) is 0.0715. The van der Waals surface area contributed by atoms with Crippen LogP contribution in [-0.4, -0.2) is 33.2 Å². The molecule has 0 aliphatic carbocycles. The first-order valence-electron chi connectivity index (χ1n) is 16.2. The van der Waals surface area contributed by atoms with E-state index in [-0.39, 0.29) is 23.4 Å². The van der Waals surface area contributed by atoms with E-state index in [2.05, 4.69) is 78.6 Å². The smallest absolute Gasteiger partial charge is 0.193 e. The molecule has 0 N–H and O–H groups in total. The zero-order valence-corrected chi connectivity index (χ0v) is 27.9. The van der Waals surface area contributed by atoms with Gasteiger partial charge in [0.15, 0.2) is 8.32 Å². The van der Waals surface area contributed by atoms with Crippen molar-refractivity contribution >= 4 is 8.32 Å². The summed E-state index contributed by atoms with van der Waals surface area (Å²) in [6, 6.07) is 10.4. The number of unbranched alkanes of at least 4 members (excludes halogenated alkanes) is 13. The Balaban J connectivity index is 2.39. The Morgan fingerprint density at radius 3 is 1.72 bits per heavy atom. The summed E-state index contributed by atoms with van der Waals surface area (Å²) in [6.07, 6.45) is 20.6. The number of benzene rings is 1. The van der Waals surface area contributed by atoms with Crippen molar-refractivity contribution in [2.75, 3.05) is 6.61 Å². The lowest BCUT2D eigenvalue weighted by molar-refractivity contribution is -0.107. The van der Waals surface area contributed by atoms with Gasteiger partial charge >= 0.3 is 0 Å². The molecule has 1 aromatic carbocycles. The minimum Gasteiger partial charge on any atom is -0.408 e. The fraction of sp³-hybridized carbons (Fsp3) is 0.771. The lowest BCUT2D eigenvalue weighted by Crippen LogP contribution is -2.49. The zero-order chi connectivity index (χ0) is 29.0. The lowest BCUT2D eigenvalue weighted by atomic mass is 10.0. The average Bonchev–Trinajstić information content (AvgIpc) is 2.90. The van der Waals surface area contributed by atoms with E-state index in [0.29, 0.717) is 6.61 Å². The van der Waals surface area contributed by atoms with Gasteiger partial charge in [-0.2, -0.15) is 0 Å². The first-order valence-corrected chi connectivity index (χ1v) is 19.1. The van der Waals surface area contributed by atoms with Gasteiger partial charge < -0.3 is 13.9 Å². The van der Waals surface area contributed by atoms with E-state index in [0.717, 1.165) is 18.6 Å². The monoisotopic (exact) mass is 560 g/mol. The van der Waals surface area contributed by atoms with Gasteiger partial charge in [0.05, 0.1) is 18.8 Å². The second-order valence-electron chi connectivity index (χ2n) is 13.0. The third-order valence-electron chi connectivity index (χ3n) is 8.42. The minimum absolute atomic E-state index is 0.0662. The minimum atomic E-state index is -1.99. The second kappa shape index (κ2) is 20.9. The maximum Gasteiger partial charge on any atom is 0.193 e. The summed E-state index contributed by atoms with van der Waals surface area (Å²) in [5.74, 6) is 0. The molecule has 0 spiro atoms. The molecule has 0 aromatic heterocycles. The van der Waals surface area contributed by atoms with Gasteiger partial charge in [-0.15, -0.1) is 6.58 Å². The SMILES string of the molecule is C=C[C@@H](O[Si](C)(C)C(C)(C)C)[C@H](OCc1ccccc1)[C@@H](C)OCCCCCCCCCCCCCCCC. The molecule has 0 aliphatic rings. The molecule has 0 heterocycles. The summed E-state index contributed by atoms with van der Waals surface area (Å²) in [5.41, 5.74) is 1.16. The summed E-state index contributed by atoms with van der Waals surface area (Å²) >= 11 is 0. The maximum absolute atomic E-state index is 6.77. The molecule has 0 unspecified atom stereocenters. The normalized spacial score (nSPS) is 14.7. The van der Waals surface area contributed by atoms with Crippen LogP contribution in [0.3, 0.4) is 0 Å². The van der Waals surface area contributed by atoms with Crippen LogP contribution in [0.4, 0.5) is 0 Å². The fourth-order valence-electron chi connectivity index (χ4n) is 4.69. The molecule has 39 heavy (non-hydrogen) atoms. The fourth-order valence-corrected chi connectivity index (χ4v) is 5.96. The molecule has 3 nitrogen and oxygen atoms in total. The third kappa shape index (κ3) is 16.2. The summed E-state index contributed by atoms with van der Waals surface area (Å²) < 4.78 is 19.6. The van der Waals surface area contributed by atoms with Crippen molar-refractivity contribution in [1.29, 1.82) is 0 Å². The molecule has 0 amide bonds. The molecular formula is C35H64O3Si. The van der Waals surface area contributed by atoms with Crippen molar-refractivity contribution < 1.29 is 13.9 Å². The van der Waals surface area contributed by atoms with Crippen LogP contribution in [0.25, 0.3) is 0 Å². The summed E-state index contributed by atoms with van der Waals surface area (Å²) in [7, 11) is -1.99. The van der Waals surface area contributed by atoms with Gasteiger partial charge in [0.2, 0.25) is 0 Å². The van der Waals surface area contributed by atoms with E-state index in [1.54, 1.807) is 0 Å². The van der Waals surface area contributed by atoms with E-state index >= 15 is 0 Å². The van der Waals surface area contributed by atoms with Crippen LogP contribution in [0, 0.1) is 0 Å². The van der Waals surface area contributed by atoms with Crippen molar-refractivity contribution in [3.05, 3.63) is 48.6 Å². The van der Waals surface area contributed by atoms with Crippen LogP contribution in [0.2, 0.25) is 18.1 Å². The average molecular weight is 561 g/mol. The number of rotatable bonds is 24. The molecule has 4 heteroatoms. The lowest BCUT2D eigenvalue weighted by Gasteiger charge is -2.41. The van der Waals surface area contributed by atoms with Crippen LogP contribution in [0.5, 0.6) is 0 Å². The zero-order valence-electron chi connectivity index (χ0n) is 26.9. The summed E-state index contributed by atoms with van der Waals surface area (Å²) in [4.78, 5) is 0. The molecular weight excluding hydrogens is 496 g/mol. The van der Waals surface area contributed by atoms with Crippen molar-refractivity contribution in [2.45, 2.75) is 168 Å². The summed E-state index contributed by atoms with van der Waals surface area (Å²) in [5, 5.41) is 0.122. The van der Waals surface area contributed by atoms with Gasteiger partial charge in [-0.25, -0.2) is 0 Å². The number of ether oxygens (including phenoxy) is 2. The van der Waals surface area contributed by atoms with Gasteiger partial charge in [-0.3, -0.25) is 0 Å². The largest absolute Gasteiger partial charge is 0.408 e. The Morgan fingerprint density at radius 2 is 1.26 bits per heavy atom. The highest BCUT2D eigenvalue weighted by atomic mass is 28.4. The molecule has 1 aromatic rings. The highest BCUT2D eigenvalue weighted by Gasteiger charge is 2.41. The molecule has 226 valence electrons. The van der Waals surface area contributed by atoms with Crippen LogP contribution in [-0.2, 0) is 20.5 Å². The first kappa shape index (κ1) is 36.1. The van der Waals surface area contributed by atoms with Crippen molar-refractivity contribution in [3.63, 3.8) is 0 Å². The topological polar surface area (TPSA) is 27.7 Å². The Kier molecular flexibility index (Phi) is 19.3. The standard InChI is InChI=1S/C35H64O3Si/c1-9-11-12-13-14-15-16-17-18-19-20-21-22-26-29-36-31(3)34(37-30-32-27-24-23-25-28-32)33(10-2)38-39(7,8)35(4,5)6/h10,23-25,27-28,31,33-34H,2,9,11-22,26,29-30H2,1,3-8H3/t31-,33-,34-/m1/s1. The first-order chi connectivity index (χ1) is 18.6. The number of hydrogen-bond donors (Lipinski definition) is 0. The Bertz CT molecular complexity index is 712. The van der Waals surface area contributed by atoms with Crippen molar-refractivity contribution in [3.8, 4) is 0 Å². The highest BCUT2D eigenvalue weighted by Crippen LogP contribution is 2.38. The van der Waals surface area contributed by atoms with Crippen molar-refractivity contribution in [1.82, 2.24) is 0 Å². The van der Waals surface area contributed by atoms with E-state index < -0.39 is 8.32 Å². The van der Waals surface area contributed by atoms with Crippen LogP contribution in [0.15, 0.2) is 43.0 Å². The van der Waals surface area contributed by atoms with Gasteiger partial charge in [-0.1, -0.05) is 148 Å².